The minimum Gasteiger partial charge on any atom is -0.375 e. The van der Waals surface area contributed by atoms with Crippen molar-refractivity contribution in [3.05, 3.63) is 0 Å². The van der Waals surface area contributed by atoms with Gasteiger partial charge in [-0.3, -0.25) is 9.59 Å². The molecule has 1 aliphatic rings. The number of hydrogen-bond donors (Lipinski definition) is 2. The van der Waals surface area contributed by atoms with E-state index in [1.807, 2.05) is 25.8 Å². The molecule has 0 aromatic carbocycles. The van der Waals surface area contributed by atoms with Crippen LogP contribution in [0.25, 0.3) is 0 Å². The first kappa shape index (κ1) is 17.9. The van der Waals surface area contributed by atoms with E-state index in [1.54, 1.807) is 0 Å². The van der Waals surface area contributed by atoms with E-state index in [2.05, 4.69) is 10.6 Å². The van der Waals surface area contributed by atoms with E-state index in [4.69, 9.17) is 4.74 Å². The number of rotatable bonds is 7. The lowest BCUT2D eigenvalue weighted by molar-refractivity contribution is -0.140. The predicted molar refractivity (Wildman–Crippen MR) is 81.9 cm³/mol. The van der Waals surface area contributed by atoms with Crippen LogP contribution in [0.3, 0.4) is 0 Å². The molecule has 1 heterocycles. The summed E-state index contributed by atoms with van der Waals surface area (Å²) < 4.78 is 4.81. The van der Waals surface area contributed by atoms with Crippen molar-refractivity contribution >= 4 is 11.8 Å². The summed E-state index contributed by atoms with van der Waals surface area (Å²) >= 11 is 0. The van der Waals surface area contributed by atoms with E-state index in [1.165, 1.54) is 7.11 Å². The average molecular weight is 299 g/mol. The molecule has 2 N–H and O–H groups in total. The van der Waals surface area contributed by atoms with Crippen molar-refractivity contribution in [2.75, 3.05) is 40.4 Å². The number of methoxy groups -OCH3 is 1. The standard InChI is InChI=1S/C15H29N3O3/c1-11(2)14(17-13(19)10-21-4)15(20)18-7-5-6-12(9-18)8-16-3/h11-12,14,16H,5-10H2,1-4H3,(H,17,19)/t12?,14-/m0/s1. The topological polar surface area (TPSA) is 70.7 Å². The van der Waals surface area contributed by atoms with Crippen molar-refractivity contribution in [1.82, 2.24) is 15.5 Å². The second-order valence-corrected chi connectivity index (χ2v) is 6.07. The Labute approximate surface area is 127 Å². The van der Waals surface area contributed by atoms with Gasteiger partial charge in [0.15, 0.2) is 0 Å². The Morgan fingerprint density at radius 2 is 2.10 bits per heavy atom. The zero-order chi connectivity index (χ0) is 15.8. The van der Waals surface area contributed by atoms with Crippen LogP contribution in [-0.2, 0) is 14.3 Å². The summed E-state index contributed by atoms with van der Waals surface area (Å²) in [5.41, 5.74) is 0. The van der Waals surface area contributed by atoms with E-state index in [0.717, 1.165) is 32.5 Å². The number of ether oxygens (including phenoxy) is 1. The maximum absolute atomic E-state index is 12.7. The normalized spacial score (nSPS) is 20.4. The van der Waals surface area contributed by atoms with E-state index in [9.17, 15) is 9.59 Å². The van der Waals surface area contributed by atoms with Crippen LogP contribution in [0.1, 0.15) is 26.7 Å². The Bertz CT molecular complexity index is 345. The third-order valence-electron chi connectivity index (χ3n) is 3.85. The second kappa shape index (κ2) is 9.00. The maximum atomic E-state index is 12.7. The molecular formula is C15H29N3O3. The molecule has 0 radical (unpaired) electrons. The largest absolute Gasteiger partial charge is 0.375 e. The molecule has 1 saturated heterocycles. The van der Waals surface area contributed by atoms with Crippen LogP contribution in [0, 0.1) is 11.8 Å². The van der Waals surface area contributed by atoms with Gasteiger partial charge in [-0.05, 0) is 38.3 Å². The molecule has 2 atom stereocenters. The number of piperidine rings is 1. The van der Waals surface area contributed by atoms with Gasteiger partial charge in [0.25, 0.3) is 0 Å². The van der Waals surface area contributed by atoms with Crippen LogP contribution < -0.4 is 10.6 Å². The van der Waals surface area contributed by atoms with Gasteiger partial charge < -0.3 is 20.3 Å². The summed E-state index contributed by atoms with van der Waals surface area (Å²) in [5, 5.41) is 5.96. The fraction of sp³-hybridized carbons (Fsp3) is 0.867. The van der Waals surface area contributed by atoms with Crippen LogP contribution in [0.5, 0.6) is 0 Å². The van der Waals surface area contributed by atoms with E-state index in [0.29, 0.717) is 5.92 Å². The first-order valence-electron chi connectivity index (χ1n) is 7.71. The lowest BCUT2D eigenvalue weighted by Crippen LogP contribution is -2.54. The Balaban J connectivity index is 2.64. The van der Waals surface area contributed by atoms with Crippen molar-refractivity contribution in [2.45, 2.75) is 32.7 Å². The molecule has 21 heavy (non-hydrogen) atoms. The van der Waals surface area contributed by atoms with Gasteiger partial charge in [0.05, 0.1) is 0 Å². The fourth-order valence-corrected chi connectivity index (χ4v) is 2.78. The number of nitrogens with one attached hydrogen (secondary N) is 2. The number of amides is 2. The molecule has 0 aliphatic carbocycles. The number of hydrogen-bond acceptors (Lipinski definition) is 4. The molecule has 2 amide bonds. The molecule has 0 spiro atoms. The van der Waals surface area contributed by atoms with Gasteiger partial charge in [-0.25, -0.2) is 0 Å². The smallest absolute Gasteiger partial charge is 0.246 e. The number of carbonyl (C=O) groups excluding carboxylic acids is 2. The lowest BCUT2D eigenvalue weighted by atomic mass is 9.95. The molecule has 1 aliphatic heterocycles. The summed E-state index contributed by atoms with van der Waals surface area (Å²) in [6.45, 7) is 6.35. The van der Waals surface area contributed by atoms with Gasteiger partial charge in [0.2, 0.25) is 11.8 Å². The van der Waals surface area contributed by atoms with Gasteiger partial charge in [0, 0.05) is 20.2 Å². The van der Waals surface area contributed by atoms with Crippen LogP contribution >= 0.6 is 0 Å². The number of nitrogens with zero attached hydrogens (tertiary/aromatic N) is 1. The van der Waals surface area contributed by atoms with Crippen LogP contribution in [0.4, 0.5) is 0 Å². The third kappa shape index (κ3) is 5.63. The fourth-order valence-electron chi connectivity index (χ4n) is 2.78. The Morgan fingerprint density at radius 3 is 2.67 bits per heavy atom. The molecule has 1 fully saturated rings. The van der Waals surface area contributed by atoms with Crippen molar-refractivity contribution in [1.29, 1.82) is 0 Å². The Kier molecular flexibility index (Phi) is 7.67. The van der Waals surface area contributed by atoms with Gasteiger partial charge in [-0.1, -0.05) is 13.8 Å². The van der Waals surface area contributed by atoms with Gasteiger partial charge in [-0.2, -0.15) is 0 Å². The molecule has 0 bridgehead atoms. The Morgan fingerprint density at radius 1 is 1.38 bits per heavy atom. The quantitative estimate of drug-likeness (QED) is 0.706. The van der Waals surface area contributed by atoms with E-state index >= 15 is 0 Å². The third-order valence-corrected chi connectivity index (χ3v) is 3.85. The van der Waals surface area contributed by atoms with Crippen LogP contribution in [0.15, 0.2) is 0 Å². The molecular weight excluding hydrogens is 270 g/mol. The highest BCUT2D eigenvalue weighted by atomic mass is 16.5. The van der Waals surface area contributed by atoms with Crippen molar-refractivity contribution in [3.63, 3.8) is 0 Å². The van der Waals surface area contributed by atoms with Gasteiger partial charge >= 0.3 is 0 Å². The lowest BCUT2D eigenvalue weighted by Gasteiger charge is -2.36. The molecule has 0 saturated carbocycles. The number of carbonyl (C=O) groups is 2. The molecule has 1 unspecified atom stereocenters. The first-order chi connectivity index (χ1) is 9.99. The monoisotopic (exact) mass is 299 g/mol. The minimum absolute atomic E-state index is 0.0150. The van der Waals surface area contributed by atoms with Crippen molar-refractivity contribution < 1.29 is 14.3 Å². The SMILES string of the molecule is CNCC1CCCN(C(=O)[C@@H](NC(=O)COC)C(C)C)C1. The molecule has 1 rings (SSSR count). The molecule has 122 valence electrons. The minimum atomic E-state index is -0.471. The zero-order valence-electron chi connectivity index (χ0n) is 13.6. The number of likely N-dealkylation sites (tertiary alicyclic amines) is 1. The predicted octanol–water partition coefficient (Wildman–Crippen LogP) is 0.232. The van der Waals surface area contributed by atoms with Gasteiger partial charge in [0.1, 0.15) is 12.6 Å². The van der Waals surface area contributed by atoms with Gasteiger partial charge in [-0.15, -0.1) is 0 Å². The highest BCUT2D eigenvalue weighted by Crippen LogP contribution is 2.18. The van der Waals surface area contributed by atoms with E-state index in [-0.39, 0.29) is 24.3 Å². The first-order valence-corrected chi connectivity index (χ1v) is 7.71. The summed E-state index contributed by atoms with van der Waals surface area (Å²) in [4.78, 5) is 26.3. The summed E-state index contributed by atoms with van der Waals surface area (Å²) in [6, 6.07) is -0.471. The van der Waals surface area contributed by atoms with Crippen LogP contribution in [-0.4, -0.2) is 63.2 Å². The molecule has 0 aromatic rings. The van der Waals surface area contributed by atoms with Crippen LogP contribution in [0.2, 0.25) is 0 Å². The second-order valence-electron chi connectivity index (χ2n) is 6.07. The summed E-state index contributed by atoms with van der Waals surface area (Å²) in [6.07, 6.45) is 2.17. The van der Waals surface area contributed by atoms with E-state index < -0.39 is 6.04 Å². The van der Waals surface area contributed by atoms with Crippen molar-refractivity contribution in [2.24, 2.45) is 11.8 Å². The summed E-state index contributed by atoms with van der Waals surface area (Å²) in [5.74, 6) is 0.335. The van der Waals surface area contributed by atoms with Crippen molar-refractivity contribution in [3.8, 4) is 0 Å². The molecule has 6 nitrogen and oxygen atoms in total. The highest BCUT2D eigenvalue weighted by Gasteiger charge is 2.31. The molecule has 6 heteroatoms. The summed E-state index contributed by atoms with van der Waals surface area (Å²) in [7, 11) is 3.40. The molecule has 0 aromatic heterocycles. The zero-order valence-corrected chi connectivity index (χ0v) is 13.6. The average Bonchev–Trinajstić information content (AvgIpc) is 2.45. The Hall–Kier alpha value is -1.14. The highest BCUT2D eigenvalue weighted by molar-refractivity contribution is 5.88. The maximum Gasteiger partial charge on any atom is 0.246 e.